The van der Waals surface area contributed by atoms with Crippen molar-refractivity contribution >= 4 is 5.91 Å². The molecule has 1 N–H and O–H groups in total. The normalized spacial score (nSPS) is 40.9. The number of rotatable bonds is 0. The zero-order valence-corrected chi connectivity index (χ0v) is 16.0. The molecule has 24 heavy (non-hydrogen) atoms. The van der Waals surface area contributed by atoms with Crippen molar-refractivity contribution in [2.75, 3.05) is 6.54 Å². The van der Waals surface area contributed by atoms with Crippen LogP contribution in [0.5, 0.6) is 0 Å². The second kappa shape index (κ2) is 6.05. The van der Waals surface area contributed by atoms with Gasteiger partial charge in [0.15, 0.2) is 0 Å². The van der Waals surface area contributed by atoms with E-state index in [0.29, 0.717) is 30.8 Å². The van der Waals surface area contributed by atoms with Crippen LogP contribution in [0.4, 0.5) is 0 Å². The number of hydrogen-bond donors (Lipinski definition) is 1. The number of aliphatic hydroxyl groups is 1. The maximum Gasteiger partial charge on any atom is 0.245 e. The first-order valence-electron chi connectivity index (χ1n) is 9.57. The molecule has 0 spiro atoms. The summed E-state index contributed by atoms with van der Waals surface area (Å²) in [6.07, 6.45) is 3.37. The molecule has 1 amide bonds. The third-order valence-electron chi connectivity index (χ3n) is 6.58. The Morgan fingerprint density at radius 1 is 1.17 bits per heavy atom. The molecule has 3 aliphatic heterocycles. The Hall–Kier alpha value is -1.03. The summed E-state index contributed by atoms with van der Waals surface area (Å²) >= 11 is 0. The van der Waals surface area contributed by atoms with E-state index in [0.717, 1.165) is 18.5 Å². The van der Waals surface area contributed by atoms with Crippen LogP contribution in [0, 0.1) is 17.3 Å². The number of nitrogens with zero attached hydrogens (tertiary/aromatic N) is 2. The Bertz CT molecular complexity index is 524. The molecule has 0 saturated carbocycles. The minimum atomic E-state index is -0.462. The molecule has 0 aliphatic carbocycles. The number of amides is 1. The number of hydrogen-bond acceptors (Lipinski definition) is 3. The SMILES string of the molecule is C=C1C2C(O)CCN2C(=O)C2CC(C(C)(C)C)CC(C)CC(C)N12. The van der Waals surface area contributed by atoms with Crippen molar-refractivity contribution in [3.63, 3.8) is 0 Å². The largest absolute Gasteiger partial charge is 0.390 e. The summed E-state index contributed by atoms with van der Waals surface area (Å²) in [6.45, 7) is 16.4. The summed E-state index contributed by atoms with van der Waals surface area (Å²) in [6, 6.07) is -0.0119. The van der Waals surface area contributed by atoms with Gasteiger partial charge >= 0.3 is 0 Å². The highest BCUT2D eigenvalue weighted by molar-refractivity contribution is 5.84. The Kier molecular flexibility index (Phi) is 4.48. The van der Waals surface area contributed by atoms with Crippen LogP contribution in [0.1, 0.15) is 60.3 Å². The van der Waals surface area contributed by atoms with Gasteiger partial charge in [-0.25, -0.2) is 0 Å². The third kappa shape index (κ3) is 2.87. The summed E-state index contributed by atoms with van der Waals surface area (Å²) in [5.74, 6) is 1.37. The lowest BCUT2D eigenvalue weighted by Gasteiger charge is -2.52. The number of carbonyl (C=O) groups is 1. The van der Waals surface area contributed by atoms with Gasteiger partial charge in [-0.3, -0.25) is 4.79 Å². The smallest absolute Gasteiger partial charge is 0.245 e. The van der Waals surface area contributed by atoms with Crippen molar-refractivity contribution in [2.24, 2.45) is 17.3 Å². The molecular formula is C20H34N2O2. The van der Waals surface area contributed by atoms with Crippen molar-refractivity contribution in [3.8, 4) is 0 Å². The molecule has 3 fully saturated rings. The highest BCUT2D eigenvalue weighted by Gasteiger charge is 2.51. The van der Waals surface area contributed by atoms with Crippen LogP contribution in [-0.4, -0.2) is 51.6 Å². The van der Waals surface area contributed by atoms with E-state index in [9.17, 15) is 9.90 Å². The van der Waals surface area contributed by atoms with Gasteiger partial charge in [0.1, 0.15) is 6.04 Å². The van der Waals surface area contributed by atoms with Crippen LogP contribution in [0.25, 0.3) is 0 Å². The van der Waals surface area contributed by atoms with Crippen LogP contribution in [0.2, 0.25) is 0 Å². The van der Waals surface area contributed by atoms with Gasteiger partial charge in [0, 0.05) is 18.3 Å². The van der Waals surface area contributed by atoms with E-state index < -0.39 is 6.10 Å². The predicted molar refractivity (Wildman–Crippen MR) is 96.3 cm³/mol. The lowest BCUT2D eigenvalue weighted by molar-refractivity contribution is -0.145. The molecule has 136 valence electrons. The monoisotopic (exact) mass is 334 g/mol. The van der Waals surface area contributed by atoms with Gasteiger partial charge in [-0.2, -0.15) is 0 Å². The number of fused-ring (bicyclic) bond motifs is 2. The van der Waals surface area contributed by atoms with E-state index >= 15 is 0 Å². The van der Waals surface area contributed by atoms with E-state index in [4.69, 9.17) is 0 Å². The first-order valence-corrected chi connectivity index (χ1v) is 9.57. The second-order valence-corrected chi connectivity index (χ2v) is 9.47. The average molecular weight is 335 g/mol. The fourth-order valence-corrected chi connectivity index (χ4v) is 5.24. The van der Waals surface area contributed by atoms with Gasteiger partial charge in [0.05, 0.1) is 12.1 Å². The molecule has 6 unspecified atom stereocenters. The number of aliphatic hydroxyl groups excluding tert-OH is 1. The van der Waals surface area contributed by atoms with Gasteiger partial charge in [0.25, 0.3) is 0 Å². The van der Waals surface area contributed by atoms with Gasteiger partial charge in [-0.15, -0.1) is 0 Å². The minimum Gasteiger partial charge on any atom is -0.390 e. The maximum atomic E-state index is 13.2. The first-order chi connectivity index (χ1) is 11.1. The van der Waals surface area contributed by atoms with E-state index in [1.807, 2.05) is 4.90 Å². The summed E-state index contributed by atoms with van der Waals surface area (Å²) < 4.78 is 0. The molecular weight excluding hydrogens is 300 g/mol. The zero-order valence-electron chi connectivity index (χ0n) is 16.0. The molecule has 4 heteroatoms. The van der Waals surface area contributed by atoms with Crippen LogP contribution in [0.3, 0.4) is 0 Å². The molecule has 0 aromatic carbocycles. The topological polar surface area (TPSA) is 43.8 Å². The Morgan fingerprint density at radius 3 is 2.46 bits per heavy atom. The predicted octanol–water partition coefficient (Wildman–Crippen LogP) is 3.02. The van der Waals surface area contributed by atoms with E-state index in [1.54, 1.807) is 0 Å². The standard InChI is InChI=1S/C20H34N2O2/c1-12-9-13(2)22-14(3)18-17(23)7-8-21(18)19(24)16(22)11-15(10-12)20(4,5)6/h12-13,15-18,23H,3,7-11H2,1-2,4-6H3. The Labute approximate surface area is 146 Å². The molecule has 6 atom stereocenters. The van der Waals surface area contributed by atoms with Gasteiger partial charge in [-0.05, 0) is 49.9 Å². The van der Waals surface area contributed by atoms with E-state index in [-0.39, 0.29) is 23.4 Å². The molecule has 3 heterocycles. The molecule has 4 nitrogen and oxygen atoms in total. The van der Waals surface area contributed by atoms with Crippen LogP contribution in [0.15, 0.2) is 12.3 Å². The first kappa shape index (κ1) is 17.8. The lowest BCUT2D eigenvalue weighted by atomic mass is 9.70. The molecule has 3 saturated heterocycles. The van der Waals surface area contributed by atoms with Crippen LogP contribution in [-0.2, 0) is 4.79 Å². The molecule has 3 aliphatic rings. The van der Waals surface area contributed by atoms with Gasteiger partial charge < -0.3 is 14.9 Å². The van der Waals surface area contributed by atoms with Gasteiger partial charge in [0.2, 0.25) is 5.91 Å². The van der Waals surface area contributed by atoms with Crippen molar-refractivity contribution < 1.29 is 9.90 Å². The van der Waals surface area contributed by atoms with Crippen LogP contribution >= 0.6 is 0 Å². The number of piperazine rings is 1. The van der Waals surface area contributed by atoms with Crippen molar-refractivity contribution in [1.29, 1.82) is 0 Å². The molecule has 0 aromatic rings. The second-order valence-electron chi connectivity index (χ2n) is 9.47. The lowest BCUT2D eigenvalue weighted by Crippen LogP contribution is -2.63. The summed E-state index contributed by atoms with van der Waals surface area (Å²) in [5.41, 5.74) is 1.16. The maximum absolute atomic E-state index is 13.2. The summed E-state index contributed by atoms with van der Waals surface area (Å²) in [4.78, 5) is 17.4. The summed E-state index contributed by atoms with van der Waals surface area (Å²) in [5, 5.41) is 10.4. The number of carbonyl (C=O) groups excluding carboxylic acids is 1. The van der Waals surface area contributed by atoms with Crippen molar-refractivity contribution in [2.45, 2.75) is 84.5 Å². The highest BCUT2D eigenvalue weighted by Crippen LogP contribution is 2.44. The molecule has 0 bridgehead atoms. The van der Waals surface area contributed by atoms with E-state index in [2.05, 4.69) is 46.1 Å². The highest BCUT2D eigenvalue weighted by atomic mass is 16.3. The quantitative estimate of drug-likeness (QED) is 0.740. The Morgan fingerprint density at radius 2 is 1.83 bits per heavy atom. The van der Waals surface area contributed by atoms with Crippen LogP contribution < -0.4 is 0 Å². The Balaban J connectivity index is 1.97. The fraction of sp³-hybridized carbons (Fsp3) is 0.850. The molecule has 0 radical (unpaired) electrons. The summed E-state index contributed by atoms with van der Waals surface area (Å²) in [7, 11) is 0. The van der Waals surface area contributed by atoms with Gasteiger partial charge in [-0.1, -0.05) is 34.3 Å². The van der Waals surface area contributed by atoms with Crippen molar-refractivity contribution in [3.05, 3.63) is 12.3 Å². The minimum absolute atomic E-state index is 0.106. The molecule has 0 aromatic heterocycles. The average Bonchev–Trinajstić information content (AvgIpc) is 2.83. The van der Waals surface area contributed by atoms with Crippen molar-refractivity contribution in [1.82, 2.24) is 9.80 Å². The van der Waals surface area contributed by atoms with E-state index in [1.165, 1.54) is 6.42 Å². The molecule has 3 rings (SSSR count). The third-order valence-corrected chi connectivity index (χ3v) is 6.58. The fourth-order valence-electron chi connectivity index (χ4n) is 5.24. The zero-order chi connectivity index (χ0) is 17.8.